The van der Waals surface area contributed by atoms with Gasteiger partial charge in [0.25, 0.3) is 0 Å². The molecular weight excluding hydrogens is 224 g/mol. The van der Waals surface area contributed by atoms with Crippen LogP contribution in [-0.4, -0.2) is 18.5 Å². The second-order valence-electron chi connectivity index (χ2n) is 4.98. The van der Waals surface area contributed by atoms with Crippen LogP contribution in [0.15, 0.2) is 30.3 Å². The monoisotopic (exact) mass is 246 g/mol. The predicted octanol–water partition coefficient (Wildman–Crippen LogP) is 2.40. The zero-order chi connectivity index (χ0) is 12.8. The highest BCUT2D eigenvalue weighted by molar-refractivity contribution is 5.78. The van der Waals surface area contributed by atoms with Crippen LogP contribution in [0.2, 0.25) is 0 Å². The van der Waals surface area contributed by atoms with Gasteiger partial charge in [0, 0.05) is 25.0 Å². The van der Waals surface area contributed by atoms with Gasteiger partial charge < -0.3 is 10.6 Å². The van der Waals surface area contributed by atoms with Gasteiger partial charge in [0.15, 0.2) is 0 Å². The fourth-order valence-corrected chi connectivity index (χ4v) is 2.45. The van der Waals surface area contributed by atoms with Gasteiger partial charge in [-0.25, -0.2) is 0 Å². The fourth-order valence-electron chi connectivity index (χ4n) is 2.45. The highest BCUT2D eigenvalue weighted by Gasteiger charge is 2.24. The third-order valence-electron chi connectivity index (χ3n) is 3.46. The molecule has 1 aliphatic rings. The van der Waals surface area contributed by atoms with E-state index in [1.807, 2.05) is 6.07 Å². The Labute approximate surface area is 109 Å². The molecule has 0 aromatic heterocycles. The van der Waals surface area contributed by atoms with E-state index in [9.17, 15) is 4.79 Å². The molecule has 1 saturated heterocycles. The third-order valence-corrected chi connectivity index (χ3v) is 3.46. The number of unbranched alkanes of at least 4 members (excludes halogenated alkanes) is 1. The normalized spacial score (nSPS) is 20.7. The van der Waals surface area contributed by atoms with Crippen LogP contribution in [0.3, 0.4) is 0 Å². The molecule has 0 bridgehead atoms. The number of amides is 1. The summed E-state index contributed by atoms with van der Waals surface area (Å²) in [6, 6.07) is 11.2. The molecule has 2 atom stereocenters. The third kappa shape index (κ3) is 3.57. The molecule has 0 spiro atoms. The molecule has 3 nitrogen and oxygen atoms in total. The SMILES string of the molecule is CCCCC(NC1CNC(=O)C1)c1ccccc1. The minimum Gasteiger partial charge on any atom is -0.354 e. The second kappa shape index (κ2) is 6.55. The van der Waals surface area contributed by atoms with E-state index in [0.29, 0.717) is 12.5 Å². The maximum atomic E-state index is 11.2. The van der Waals surface area contributed by atoms with Crippen LogP contribution in [-0.2, 0) is 4.79 Å². The van der Waals surface area contributed by atoms with Crippen molar-refractivity contribution in [2.45, 2.75) is 44.7 Å². The highest BCUT2D eigenvalue weighted by atomic mass is 16.1. The van der Waals surface area contributed by atoms with E-state index in [-0.39, 0.29) is 11.9 Å². The van der Waals surface area contributed by atoms with Crippen LogP contribution in [0, 0.1) is 0 Å². The van der Waals surface area contributed by atoms with Gasteiger partial charge in [-0.3, -0.25) is 4.79 Å². The number of nitrogens with one attached hydrogen (secondary N) is 2. The van der Waals surface area contributed by atoms with E-state index in [1.54, 1.807) is 0 Å². The van der Waals surface area contributed by atoms with Gasteiger partial charge in [0.1, 0.15) is 0 Å². The summed E-state index contributed by atoms with van der Waals surface area (Å²) >= 11 is 0. The molecule has 2 rings (SSSR count). The standard InChI is InChI=1S/C15H22N2O/c1-2-3-9-14(12-7-5-4-6-8-12)17-13-10-15(18)16-11-13/h4-8,13-14,17H,2-3,9-11H2,1H3,(H,16,18). The first-order valence-electron chi connectivity index (χ1n) is 6.87. The van der Waals surface area contributed by atoms with E-state index in [0.717, 1.165) is 13.0 Å². The Balaban J connectivity index is 1.98. The van der Waals surface area contributed by atoms with E-state index in [2.05, 4.69) is 41.8 Å². The molecule has 1 aromatic carbocycles. The molecule has 1 amide bonds. The lowest BCUT2D eigenvalue weighted by Gasteiger charge is -2.22. The largest absolute Gasteiger partial charge is 0.354 e. The van der Waals surface area contributed by atoms with Gasteiger partial charge in [0.05, 0.1) is 0 Å². The Kier molecular flexibility index (Phi) is 4.76. The Morgan fingerprint density at radius 3 is 2.78 bits per heavy atom. The van der Waals surface area contributed by atoms with Crippen LogP contribution in [0.4, 0.5) is 0 Å². The Morgan fingerprint density at radius 1 is 1.39 bits per heavy atom. The van der Waals surface area contributed by atoms with E-state index < -0.39 is 0 Å². The zero-order valence-corrected chi connectivity index (χ0v) is 11.0. The average molecular weight is 246 g/mol. The number of carbonyl (C=O) groups is 1. The van der Waals surface area contributed by atoms with Crippen LogP contribution < -0.4 is 10.6 Å². The van der Waals surface area contributed by atoms with Gasteiger partial charge in [-0.05, 0) is 12.0 Å². The lowest BCUT2D eigenvalue weighted by Crippen LogP contribution is -2.34. The van der Waals surface area contributed by atoms with Crippen molar-refractivity contribution in [2.24, 2.45) is 0 Å². The van der Waals surface area contributed by atoms with Gasteiger partial charge in [-0.1, -0.05) is 50.1 Å². The summed E-state index contributed by atoms with van der Waals surface area (Å²) in [5.74, 6) is 0.162. The second-order valence-corrected chi connectivity index (χ2v) is 4.98. The summed E-state index contributed by atoms with van der Waals surface area (Å²) in [6.45, 7) is 2.97. The number of benzene rings is 1. The topological polar surface area (TPSA) is 41.1 Å². The Hall–Kier alpha value is -1.35. The highest BCUT2D eigenvalue weighted by Crippen LogP contribution is 2.21. The molecule has 3 heteroatoms. The van der Waals surface area contributed by atoms with Crippen molar-refractivity contribution in [3.63, 3.8) is 0 Å². The first-order valence-corrected chi connectivity index (χ1v) is 6.87. The number of rotatable bonds is 6. The van der Waals surface area contributed by atoms with Crippen molar-refractivity contribution in [1.29, 1.82) is 0 Å². The Morgan fingerprint density at radius 2 is 2.17 bits per heavy atom. The van der Waals surface area contributed by atoms with E-state index >= 15 is 0 Å². The van der Waals surface area contributed by atoms with Crippen molar-refractivity contribution in [2.75, 3.05) is 6.54 Å². The predicted molar refractivity (Wildman–Crippen MR) is 73.3 cm³/mol. The quantitative estimate of drug-likeness (QED) is 0.809. The summed E-state index contributed by atoms with van der Waals surface area (Å²) in [5.41, 5.74) is 1.32. The average Bonchev–Trinajstić information content (AvgIpc) is 2.81. The van der Waals surface area contributed by atoms with Gasteiger partial charge in [0.2, 0.25) is 5.91 Å². The number of hydrogen-bond donors (Lipinski definition) is 2. The van der Waals surface area contributed by atoms with Crippen molar-refractivity contribution >= 4 is 5.91 Å². The molecule has 18 heavy (non-hydrogen) atoms. The summed E-state index contributed by atoms with van der Waals surface area (Å²) in [7, 11) is 0. The van der Waals surface area contributed by atoms with Crippen LogP contribution in [0.1, 0.15) is 44.2 Å². The molecule has 2 unspecified atom stereocenters. The molecule has 1 fully saturated rings. The lowest BCUT2D eigenvalue weighted by molar-refractivity contribution is -0.119. The van der Waals surface area contributed by atoms with Crippen molar-refractivity contribution in [3.05, 3.63) is 35.9 Å². The lowest BCUT2D eigenvalue weighted by atomic mass is 10.00. The summed E-state index contributed by atoms with van der Waals surface area (Å²) in [6.07, 6.45) is 4.15. The fraction of sp³-hybridized carbons (Fsp3) is 0.533. The van der Waals surface area contributed by atoms with Crippen LogP contribution >= 0.6 is 0 Å². The van der Waals surface area contributed by atoms with Crippen LogP contribution in [0.25, 0.3) is 0 Å². The molecule has 1 aromatic rings. The molecule has 2 N–H and O–H groups in total. The molecule has 0 aliphatic carbocycles. The minimum atomic E-state index is 0.162. The van der Waals surface area contributed by atoms with E-state index in [1.165, 1.54) is 18.4 Å². The zero-order valence-electron chi connectivity index (χ0n) is 11.0. The molecule has 98 valence electrons. The molecule has 1 aliphatic heterocycles. The maximum Gasteiger partial charge on any atom is 0.221 e. The van der Waals surface area contributed by atoms with E-state index in [4.69, 9.17) is 0 Å². The number of carbonyl (C=O) groups excluding carboxylic acids is 1. The smallest absolute Gasteiger partial charge is 0.221 e. The van der Waals surface area contributed by atoms with Gasteiger partial charge in [-0.2, -0.15) is 0 Å². The number of hydrogen-bond acceptors (Lipinski definition) is 2. The van der Waals surface area contributed by atoms with Crippen molar-refractivity contribution in [3.8, 4) is 0 Å². The summed E-state index contributed by atoms with van der Waals surface area (Å²) in [4.78, 5) is 11.2. The maximum absolute atomic E-state index is 11.2. The van der Waals surface area contributed by atoms with Crippen molar-refractivity contribution < 1.29 is 4.79 Å². The summed E-state index contributed by atoms with van der Waals surface area (Å²) in [5, 5.41) is 6.50. The minimum absolute atomic E-state index is 0.162. The first-order chi connectivity index (χ1) is 8.79. The van der Waals surface area contributed by atoms with Gasteiger partial charge in [-0.15, -0.1) is 0 Å². The molecule has 0 radical (unpaired) electrons. The van der Waals surface area contributed by atoms with Gasteiger partial charge >= 0.3 is 0 Å². The first kappa shape index (κ1) is 13.1. The van der Waals surface area contributed by atoms with Crippen molar-refractivity contribution in [1.82, 2.24) is 10.6 Å². The summed E-state index contributed by atoms with van der Waals surface area (Å²) < 4.78 is 0. The molecular formula is C15H22N2O. The molecule has 1 heterocycles. The van der Waals surface area contributed by atoms with Crippen LogP contribution in [0.5, 0.6) is 0 Å². The molecule has 0 saturated carbocycles. The Bertz CT molecular complexity index is 377.